The first-order valence-corrected chi connectivity index (χ1v) is 7.96. The summed E-state index contributed by atoms with van der Waals surface area (Å²) in [5, 5.41) is -0.0978. The highest BCUT2D eigenvalue weighted by Gasteiger charge is 2.33. The van der Waals surface area contributed by atoms with Crippen molar-refractivity contribution in [2.75, 3.05) is 19.3 Å². The summed E-state index contributed by atoms with van der Waals surface area (Å²) in [6.45, 7) is 1.77. The van der Waals surface area contributed by atoms with E-state index in [2.05, 4.69) is 4.90 Å². The maximum Gasteiger partial charge on any atom is 0.151 e. The van der Waals surface area contributed by atoms with Gasteiger partial charge in [-0.3, -0.25) is 4.90 Å². The second-order valence-electron chi connectivity index (χ2n) is 5.03. The van der Waals surface area contributed by atoms with Gasteiger partial charge in [-0.05, 0) is 25.8 Å². The van der Waals surface area contributed by atoms with Gasteiger partial charge in [0.15, 0.2) is 9.84 Å². The molecule has 88 valence electrons. The molecule has 1 atom stereocenters. The maximum absolute atomic E-state index is 11.4. The summed E-state index contributed by atoms with van der Waals surface area (Å²) in [7, 11) is -2.82. The molecule has 0 amide bonds. The van der Waals surface area contributed by atoms with Crippen LogP contribution in [0.1, 0.15) is 38.5 Å². The number of likely N-dealkylation sites (tertiary alicyclic amines) is 1. The largest absolute Gasteiger partial charge is 0.299 e. The average Bonchev–Trinajstić information content (AvgIpc) is 2.67. The van der Waals surface area contributed by atoms with Crippen molar-refractivity contribution in [3.05, 3.63) is 0 Å². The molecule has 1 saturated carbocycles. The molecule has 0 N–H and O–H groups in total. The number of hydrogen-bond donors (Lipinski definition) is 0. The number of hydrogen-bond acceptors (Lipinski definition) is 3. The Labute approximate surface area is 92.8 Å². The molecule has 2 aliphatic rings. The Morgan fingerprint density at radius 3 is 2.27 bits per heavy atom. The Balaban J connectivity index is 1.92. The van der Waals surface area contributed by atoms with Crippen LogP contribution in [-0.2, 0) is 9.84 Å². The lowest BCUT2D eigenvalue weighted by atomic mass is 9.94. The van der Waals surface area contributed by atoms with E-state index in [0.717, 1.165) is 19.5 Å². The van der Waals surface area contributed by atoms with E-state index in [1.807, 2.05) is 0 Å². The minimum atomic E-state index is -2.82. The van der Waals surface area contributed by atoms with E-state index in [-0.39, 0.29) is 5.25 Å². The Hall–Kier alpha value is -0.0900. The Bertz CT molecular complexity index is 307. The van der Waals surface area contributed by atoms with E-state index < -0.39 is 9.84 Å². The van der Waals surface area contributed by atoms with Gasteiger partial charge in [0.2, 0.25) is 0 Å². The van der Waals surface area contributed by atoms with Gasteiger partial charge in [0.1, 0.15) is 0 Å². The number of rotatable bonds is 2. The topological polar surface area (TPSA) is 37.4 Å². The van der Waals surface area contributed by atoms with Crippen LogP contribution >= 0.6 is 0 Å². The van der Waals surface area contributed by atoms with E-state index in [1.54, 1.807) is 0 Å². The summed E-state index contributed by atoms with van der Waals surface area (Å²) in [5.74, 6) is 0. The summed E-state index contributed by atoms with van der Waals surface area (Å²) >= 11 is 0. The van der Waals surface area contributed by atoms with Crippen LogP contribution in [-0.4, -0.2) is 44.0 Å². The molecule has 0 radical (unpaired) electrons. The van der Waals surface area contributed by atoms with E-state index in [0.29, 0.717) is 6.04 Å². The van der Waals surface area contributed by atoms with Gasteiger partial charge in [0.05, 0.1) is 5.25 Å². The van der Waals surface area contributed by atoms with Crippen LogP contribution < -0.4 is 0 Å². The van der Waals surface area contributed by atoms with Gasteiger partial charge in [0.25, 0.3) is 0 Å². The van der Waals surface area contributed by atoms with Crippen LogP contribution in [0, 0.1) is 0 Å². The highest BCUT2D eigenvalue weighted by Crippen LogP contribution is 2.27. The first-order valence-electron chi connectivity index (χ1n) is 6.00. The van der Waals surface area contributed by atoms with Gasteiger partial charge in [-0.15, -0.1) is 0 Å². The number of sulfone groups is 1. The fourth-order valence-electron chi connectivity index (χ4n) is 2.88. The molecular formula is C11H21NO2S. The highest BCUT2D eigenvalue weighted by atomic mass is 32.2. The SMILES string of the molecule is CS(=O)(=O)C1CCN(C2CCCCC2)C1. The van der Waals surface area contributed by atoms with Crippen LogP contribution in [0.15, 0.2) is 0 Å². The summed E-state index contributed by atoms with van der Waals surface area (Å²) in [5.41, 5.74) is 0. The molecule has 15 heavy (non-hydrogen) atoms. The van der Waals surface area contributed by atoms with Crippen LogP contribution in [0.2, 0.25) is 0 Å². The summed E-state index contributed by atoms with van der Waals surface area (Å²) in [6, 6.07) is 0.672. The second kappa shape index (κ2) is 4.42. The quantitative estimate of drug-likeness (QED) is 0.721. The monoisotopic (exact) mass is 231 g/mol. The molecule has 0 aromatic carbocycles. The van der Waals surface area contributed by atoms with Crippen molar-refractivity contribution >= 4 is 9.84 Å². The highest BCUT2D eigenvalue weighted by molar-refractivity contribution is 7.91. The molecule has 0 aromatic heterocycles. The average molecular weight is 231 g/mol. The second-order valence-corrected chi connectivity index (χ2v) is 7.35. The maximum atomic E-state index is 11.4. The van der Waals surface area contributed by atoms with Gasteiger partial charge in [0, 0.05) is 18.8 Å². The third-order valence-electron chi connectivity index (χ3n) is 3.87. The molecule has 0 spiro atoms. The molecule has 1 aliphatic carbocycles. The van der Waals surface area contributed by atoms with Crippen molar-refractivity contribution in [3.8, 4) is 0 Å². The standard InChI is InChI=1S/C11H21NO2S/c1-15(13,14)11-7-8-12(9-11)10-5-3-2-4-6-10/h10-11H,2-9H2,1H3. The van der Waals surface area contributed by atoms with Crippen molar-refractivity contribution in [1.82, 2.24) is 4.90 Å². The number of nitrogens with zero attached hydrogens (tertiary/aromatic N) is 1. The van der Waals surface area contributed by atoms with Crippen molar-refractivity contribution in [2.45, 2.75) is 49.8 Å². The predicted molar refractivity (Wildman–Crippen MR) is 61.7 cm³/mol. The minimum Gasteiger partial charge on any atom is -0.299 e. The zero-order valence-electron chi connectivity index (χ0n) is 9.48. The van der Waals surface area contributed by atoms with E-state index in [4.69, 9.17) is 0 Å². The summed E-state index contributed by atoms with van der Waals surface area (Å²) in [4.78, 5) is 2.41. The van der Waals surface area contributed by atoms with Crippen molar-refractivity contribution in [1.29, 1.82) is 0 Å². The third kappa shape index (κ3) is 2.72. The van der Waals surface area contributed by atoms with E-state index in [1.165, 1.54) is 38.4 Å². The fraction of sp³-hybridized carbons (Fsp3) is 1.00. The van der Waals surface area contributed by atoms with Crippen molar-refractivity contribution < 1.29 is 8.42 Å². The lowest BCUT2D eigenvalue weighted by molar-refractivity contribution is 0.191. The lowest BCUT2D eigenvalue weighted by Gasteiger charge is -2.30. The predicted octanol–water partition coefficient (Wildman–Crippen LogP) is 1.44. The molecule has 1 unspecified atom stereocenters. The molecule has 2 fully saturated rings. The van der Waals surface area contributed by atoms with E-state index in [9.17, 15) is 8.42 Å². The molecule has 3 nitrogen and oxygen atoms in total. The van der Waals surface area contributed by atoms with Gasteiger partial charge in [-0.2, -0.15) is 0 Å². The first kappa shape index (κ1) is 11.4. The summed E-state index contributed by atoms with van der Waals surface area (Å²) in [6.07, 6.45) is 8.78. The van der Waals surface area contributed by atoms with Crippen LogP contribution in [0.25, 0.3) is 0 Å². The van der Waals surface area contributed by atoms with Crippen LogP contribution in [0.4, 0.5) is 0 Å². The lowest BCUT2D eigenvalue weighted by Crippen LogP contribution is -2.36. The minimum absolute atomic E-state index is 0.0978. The first-order chi connectivity index (χ1) is 7.07. The zero-order chi connectivity index (χ0) is 10.9. The molecule has 4 heteroatoms. The van der Waals surface area contributed by atoms with Gasteiger partial charge in [-0.25, -0.2) is 8.42 Å². The molecule has 0 bridgehead atoms. The van der Waals surface area contributed by atoms with Gasteiger partial charge < -0.3 is 0 Å². The van der Waals surface area contributed by atoms with Gasteiger partial charge >= 0.3 is 0 Å². The van der Waals surface area contributed by atoms with Crippen molar-refractivity contribution in [2.24, 2.45) is 0 Å². The normalized spacial score (nSPS) is 30.9. The van der Waals surface area contributed by atoms with Crippen molar-refractivity contribution in [3.63, 3.8) is 0 Å². The van der Waals surface area contributed by atoms with Gasteiger partial charge in [-0.1, -0.05) is 19.3 Å². The fourth-order valence-corrected chi connectivity index (χ4v) is 3.88. The van der Waals surface area contributed by atoms with Crippen LogP contribution in [0.5, 0.6) is 0 Å². The molecular weight excluding hydrogens is 210 g/mol. The Kier molecular flexibility index (Phi) is 3.36. The zero-order valence-corrected chi connectivity index (χ0v) is 10.3. The molecule has 1 heterocycles. The molecule has 1 aliphatic heterocycles. The van der Waals surface area contributed by atoms with E-state index >= 15 is 0 Å². The van der Waals surface area contributed by atoms with Crippen LogP contribution in [0.3, 0.4) is 0 Å². The third-order valence-corrected chi connectivity index (χ3v) is 5.47. The summed E-state index contributed by atoms with van der Waals surface area (Å²) < 4.78 is 22.9. The Morgan fingerprint density at radius 1 is 1.07 bits per heavy atom. The molecule has 0 aromatic rings. The molecule has 2 rings (SSSR count). The Morgan fingerprint density at radius 2 is 1.73 bits per heavy atom. The smallest absolute Gasteiger partial charge is 0.151 e. The molecule has 1 saturated heterocycles.